The van der Waals surface area contributed by atoms with E-state index in [0.717, 1.165) is 0 Å². The van der Waals surface area contributed by atoms with Crippen molar-refractivity contribution in [1.29, 1.82) is 0 Å². The first-order valence-corrected chi connectivity index (χ1v) is 3.83. The fourth-order valence-corrected chi connectivity index (χ4v) is 0.973. The minimum absolute atomic E-state index is 0.343. The van der Waals surface area contributed by atoms with E-state index in [2.05, 4.69) is 9.97 Å². The van der Waals surface area contributed by atoms with Gasteiger partial charge < -0.3 is 10.6 Å². The van der Waals surface area contributed by atoms with Crippen LogP contribution in [0.4, 0.5) is 5.82 Å². The predicted molar refractivity (Wildman–Crippen MR) is 49.6 cm³/mol. The lowest BCUT2D eigenvalue weighted by atomic mass is 10.3. The smallest absolute Gasteiger partial charge is 0.254 e. The molecule has 5 nitrogen and oxygen atoms in total. The number of nitrogens with zero attached hydrogens (tertiary/aromatic N) is 3. The number of rotatable bonds is 2. The summed E-state index contributed by atoms with van der Waals surface area (Å²) in [7, 11) is 3.60. The third-order valence-corrected chi connectivity index (χ3v) is 1.58. The van der Waals surface area contributed by atoms with E-state index in [1.807, 2.05) is 0 Å². The molecule has 0 aromatic carbocycles. The highest BCUT2D eigenvalue weighted by Crippen LogP contribution is 2.13. The number of aromatic nitrogens is 2. The molecule has 1 rings (SSSR count). The fourth-order valence-electron chi connectivity index (χ4n) is 0.973. The number of amides is 1. The van der Waals surface area contributed by atoms with Gasteiger partial charge in [0, 0.05) is 20.3 Å². The van der Waals surface area contributed by atoms with Crippen molar-refractivity contribution < 1.29 is 4.79 Å². The molecule has 1 aromatic rings. The number of carbonyl (C=O) groups excluding carboxylic acids is 1. The molecule has 70 valence electrons. The maximum Gasteiger partial charge on any atom is 0.254 e. The first kappa shape index (κ1) is 9.44. The number of carbonyl (C=O) groups is 1. The van der Waals surface area contributed by atoms with E-state index in [4.69, 9.17) is 5.73 Å². The van der Waals surface area contributed by atoms with Crippen LogP contribution in [0, 0.1) is 6.92 Å². The molecule has 0 aliphatic rings. The van der Waals surface area contributed by atoms with Gasteiger partial charge >= 0.3 is 0 Å². The Morgan fingerprint density at radius 3 is 2.62 bits per heavy atom. The van der Waals surface area contributed by atoms with Crippen molar-refractivity contribution in [2.45, 2.75) is 6.92 Å². The summed E-state index contributed by atoms with van der Waals surface area (Å²) in [6, 6.07) is 0. The SMILES string of the molecule is Cc1ncc(C(N)=O)c(N(C)C)n1. The summed E-state index contributed by atoms with van der Waals surface area (Å²) in [6.45, 7) is 1.76. The summed E-state index contributed by atoms with van der Waals surface area (Å²) in [5.74, 6) is 0.664. The molecule has 0 fully saturated rings. The average molecular weight is 180 g/mol. The van der Waals surface area contributed by atoms with Gasteiger partial charge in [0.15, 0.2) is 0 Å². The Labute approximate surface area is 76.6 Å². The number of primary amides is 1. The second-order valence-electron chi connectivity index (χ2n) is 2.91. The van der Waals surface area contributed by atoms with Gasteiger partial charge in [0.25, 0.3) is 5.91 Å². The summed E-state index contributed by atoms with van der Waals surface area (Å²) in [5.41, 5.74) is 5.50. The van der Waals surface area contributed by atoms with Crippen molar-refractivity contribution in [2.24, 2.45) is 5.73 Å². The average Bonchev–Trinajstić information content (AvgIpc) is 2.03. The molecule has 0 radical (unpaired) electrons. The van der Waals surface area contributed by atoms with Gasteiger partial charge in [-0.3, -0.25) is 4.79 Å². The molecule has 13 heavy (non-hydrogen) atoms. The highest BCUT2D eigenvalue weighted by Gasteiger charge is 2.11. The van der Waals surface area contributed by atoms with Gasteiger partial charge in [0.2, 0.25) is 0 Å². The molecule has 0 aliphatic heterocycles. The van der Waals surface area contributed by atoms with Crippen molar-refractivity contribution in [3.63, 3.8) is 0 Å². The molecule has 1 aromatic heterocycles. The van der Waals surface area contributed by atoms with E-state index in [1.165, 1.54) is 6.20 Å². The van der Waals surface area contributed by atoms with E-state index in [1.54, 1.807) is 25.9 Å². The van der Waals surface area contributed by atoms with E-state index < -0.39 is 5.91 Å². The second kappa shape index (κ2) is 3.38. The Hall–Kier alpha value is -1.65. The van der Waals surface area contributed by atoms with Crippen molar-refractivity contribution in [1.82, 2.24) is 9.97 Å². The molecule has 5 heteroatoms. The van der Waals surface area contributed by atoms with E-state index in [0.29, 0.717) is 17.2 Å². The van der Waals surface area contributed by atoms with Gasteiger partial charge in [0.05, 0.1) is 5.56 Å². The van der Waals surface area contributed by atoms with Crippen LogP contribution >= 0.6 is 0 Å². The molecule has 2 N–H and O–H groups in total. The Kier molecular flexibility index (Phi) is 2.46. The molecule has 0 spiro atoms. The zero-order valence-electron chi connectivity index (χ0n) is 7.90. The van der Waals surface area contributed by atoms with Gasteiger partial charge in [0.1, 0.15) is 11.6 Å². The first-order chi connectivity index (χ1) is 6.02. The van der Waals surface area contributed by atoms with Crippen molar-refractivity contribution >= 4 is 11.7 Å². The maximum absolute atomic E-state index is 11.0. The summed E-state index contributed by atoms with van der Waals surface area (Å²) < 4.78 is 0. The number of hydrogen-bond donors (Lipinski definition) is 1. The van der Waals surface area contributed by atoms with Crippen LogP contribution in [0.3, 0.4) is 0 Å². The lowest BCUT2D eigenvalue weighted by Gasteiger charge is -2.13. The minimum atomic E-state index is -0.510. The van der Waals surface area contributed by atoms with Gasteiger partial charge in [-0.25, -0.2) is 9.97 Å². The predicted octanol–water partition coefficient (Wildman–Crippen LogP) is -0.0501. The van der Waals surface area contributed by atoms with Crippen LogP contribution in [0.2, 0.25) is 0 Å². The molecule has 0 aliphatic carbocycles. The highest BCUT2D eigenvalue weighted by atomic mass is 16.1. The largest absolute Gasteiger partial charge is 0.365 e. The Balaban J connectivity index is 3.26. The van der Waals surface area contributed by atoms with Crippen molar-refractivity contribution in [2.75, 3.05) is 19.0 Å². The highest BCUT2D eigenvalue weighted by molar-refractivity contribution is 5.97. The maximum atomic E-state index is 11.0. The third-order valence-electron chi connectivity index (χ3n) is 1.58. The lowest BCUT2D eigenvalue weighted by Crippen LogP contribution is -2.20. The van der Waals surface area contributed by atoms with Gasteiger partial charge in [-0.1, -0.05) is 0 Å². The van der Waals surface area contributed by atoms with Crippen LogP contribution in [-0.2, 0) is 0 Å². The summed E-state index contributed by atoms with van der Waals surface area (Å²) in [4.78, 5) is 20.7. The van der Waals surface area contributed by atoms with Crippen LogP contribution < -0.4 is 10.6 Å². The van der Waals surface area contributed by atoms with Crippen LogP contribution in [0.5, 0.6) is 0 Å². The number of nitrogens with two attached hydrogens (primary N) is 1. The zero-order chi connectivity index (χ0) is 10.0. The number of aryl methyl sites for hydroxylation is 1. The fraction of sp³-hybridized carbons (Fsp3) is 0.375. The third kappa shape index (κ3) is 1.93. The monoisotopic (exact) mass is 180 g/mol. The lowest BCUT2D eigenvalue weighted by molar-refractivity contribution is 0.1000. The van der Waals surface area contributed by atoms with Crippen molar-refractivity contribution in [3.8, 4) is 0 Å². The Morgan fingerprint density at radius 1 is 1.54 bits per heavy atom. The van der Waals surface area contributed by atoms with Crippen molar-refractivity contribution in [3.05, 3.63) is 17.6 Å². The quantitative estimate of drug-likeness (QED) is 0.692. The topological polar surface area (TPSA) is 72.1 Å². The molecular formula is C8H12N4O. The zero-order valence-corrected chi connectivity index (χ0v) is 7.90. The number of anilines is 1. The molecule has 0 bridgehead atoms. The van der Waals surface area contributed by atoms with Gasteiger partial charge in [-0.15, -0.1) is 0 Å². The van der Waals surface area contributed by atoms with Crippen LogP contribution in [-0.4, -0.2) is 30.0 Å². The summed E-state index contributed by atoms with van der Waals surface area (Å²) >= 11 is 0. The van der Waals surface area contributed by atoms with Gasteiger partial charge in [-0.2, -0.15) is 0 Å². The van der Waals surface area contributed by atoms with E-state index >= 15 is 0 Å². The molecule has 0 saturated carbocycles. The minimum Gasteiger partial charge on any atom is -0.365 e. The Morgan fingerprint density at radius 2 is 2.15 bits per heavy atom. The second-order valence-corrected chi connectivity index (χ2v) is 2.91. The molecule has 1 amide bonds. The van der Waals surface area contributed by atoms with Crippen LogP contribution in [0.25, 0.3) is 0 Å². The van der Waals surface area contributed by atoms with E-state index in [9.17, 15) is 4.79 Å². The molecule has 1 heterocycles. The first-order valence-electron chi connectivity index (χ1n) is 3.83. The standard InChI is InChI=1S/C8H12N4O/c1-5-10-4-6(7(9)13)8(11-5)12(2)3/h4H,1-3H3,(H2,9,13). The molecule has 0 atom stereocenters. The molecule has 0 saturated heterocycles. The Bertz CT molecular complexity index is 335. The van der Waals surface area contributed by atoms with Gasteiger partial charge in [-0.05, 0) is 6.92 Å². The summed E-state index contributed by atoms with van der Waals surface area (Å²) in [5, 5.41) is 0. The number of hydrogen-bond acceptors (Lipinski definition) is 4. The normalized spacial score (nSPS) is 9.77. The summed E-state index contributed by atoms with van der Waals surface area (Å²) in [6.07, 6.45) is 1.44. The van der Waals surface area contributed by atoms with Crippen LogP contribution in [0.15, 0.2) is 6.20 Å². The molecule has 0 unspecified atom stereocenters. The van der Waals surface area contributed by atoms with Crippen LogP contribution in [0.1, 0.15) is 16.2 Å². The van der Waals surface area contributed by atoms with E-state index in [-0.39, 0.29) is 0 Å². The molecular weight excluding hydrogens is 168 g/mol.